The number of nitrogens with one attached hydrogen (secondary N) is 1. The van der Waals surface area contributed by atoms with Gasteiger partial charge in [-0.1, -0.05) is 42.5 Å². The zero-order valence-corrected chi connectivity index (χ0v) is 17.3. The molecule has 2 aliphatic rings. The van der Waals surface area contributed by atoms with Gasteiger partial charge in [0, 0.05) is 18.8 Å². The highest BCUT2D eigenvalue weighted by molar-refractivity contribution is 5.96. The number of likely N-dealkylation sites (tertiary alicyclic amines) is 2. The summed E-state index contributed by atoms with van der Waals surface area (Å²) in [5.41, 5.74) is 2.94. The Balaban J connectivity index is 1.30. The van der Waals surface area contributed by atoms with Crippen molar-refractivity contribution >= 4 is 17.7 Å². The second-order valence-electron chi connectivity index (χ2n) is 8.06. The van der Waals surface area contributed by atoms with E-state index in [0.29, 0.717) is 13.0 Å². The molecule has 0 bridgehead atoms. The first-order valence-electron chi connectivity index (χ1n) is 10.8. The molecule has 2 saturated heterocycles. The minimum atomic E-state index is -0.488. The second-order valence-corrected chi connectivity index (χ2v) is 8.06. The molecule has 1 N–H and O–H groups in total. The maximum Gasteiger partial charge on any atom is 0.410 e. The SMILES string of the molecule is O=C(Nc1ccc(CN2CCCC2)cc1)C1CCCN1C(=O)OCc1ccccc1. The number of ether oxygens (including phenoxy) is 1. The number of amides is 2. The number of carbonyl (C=O) groups is 2. The van der Waals surface area contributed by atoms with Crippen LogP contribution in [0.4, 0.5) is 10.5 Å². The number of nitrogens with zero attached hydrogens (tertiary/aromatic N) is 2. The van der Waals surface area contributed by atoms with Crippen molar-refractivity contribution in [3.05, 3.63) is 65.7 Å². The van der Waals surface area contributed by atoms with Gasteiger partial charge in [-0.3, -0.25) is 14.6 Å². The van der Waals surface area contributed by atoms with Crippen molar-refractivity contribution in [3.8, 4) is 0 Å². The van der Waals surface area contributed by atoms with Gasteiger partial charge < -0.3 is 10.1 Å². The smallest absolute Gasteiger partial charge is 0.410 e. The molecule has 2 aliphatic heterocycles. The molecule has 0 saturated carbocycles. The Morgan fingerprint density at radius 3 is 2.37 bits per heavy atom. The van der Waals surface area contributed by atoms with Crippen molar-refractivity contribution in [2.75, 3.05) is 25.0 Å². The lowest BCUT2D eigenvalue weighted by Crippen LogP contribution is -2.43. The van der Waals surface area contributed by atoms with E-state index in [4.69, 9.17) is 4.74 Å². The zero-order chi connectivity index (χ0) is 20.8. The monoisotopic (exact) mass is 407 g/mol. The van der Waals surface area contributed by atoms with Crippen LogP contribution in [0.5, 0.6) is 0 Å². The van der Waals surface area contributed by atoms with Gasteiger partial charge in [-0.2, -0.15) is 0 Å². The third-order valence-corrected chi connectivity index (χ3v) is 5.82. The average molecular weight is 408 g/mol. The van der Waals surface area contributed by atoms with Gasteiger partial charge in [0.25, 0.3) is 0 Å². The number of anilines is 1. The molecule has 0 aliphatic carbocycles. The number of hydrogen-bond acceptors (Lipinski definition) is 4. The van der Waals surface area contributed by atoms with Crippen LogP contribution < -0.4 is 5.32 Å². The number of hydrogen-bond donors (Lipinski definition) is 1. The van der Waals surface area contributed by atoms with Gasteiger partial charge in [-0.15, -0.1) is 0 Å². The fourth-order valence-electron chi connectivity index (χ4n) is 4.18. The van der Waals surface area contributed by atoms with Crippen LogP contribution in [0.3, 0.4) is 0 Å². The molecule has 30 heavy (non-hydrogen) atoms. The van der Waals surface area contributed by atoms with Gasteiger partial charge >= 0.3 is 6.09 Å². The minimum absolute atomic E-state index is 0.156. The van der Waals surface area contributed by atoms with Crippen molar-refractivity contribution in [1.29, 1.82) is 0 Å². The van der Waals surface area contributed by atoms with Crippen LogP contribution in [0.15, 0.2) is 54.6 Å². The summed E-state index contributed by atoms with van der Waals surface area (Å²) in [5.74, 6) is -0.156. The first kappa shape index (κ1) is 20.4. The lowest BCUT2D eigenvalue weighted by molar-refractivity contribution is -0.120. The molecule has 1 atom stereocenters. The minimum Gasteiger partial charge on any atom is -0.445 e. The molecule has 2 fully saturated rings. The first-order valence-corrected chi connectivity index (χ1v) is 10.8. The van der Waals surface area contributed by atoms with Crippen LogP contribution in [0.25, 0.3) is 0 Å². The van der Waals surface area contributed by atoms with Crippen molar-refractivity contribution in [3.63, 3.8) is 0 Å². The summed E-state index contributed by atoms with van der Waals surface area (Å²) < 4.78 is 5.42. The molecule has 158 valence electrons. The van der Waals surface area contributed by atoms with Crippen molar-refractivity contribution in [1.82, 2.24) is 9.80 Å². The standard InChI is InChI=1S/C24H29N3O3/c28-23(25-21-12-10-19(11-13-21)17-26-14-4-5-15-26)22-9-6-16-27(22)24(29)30-18-20-7-2-1-3-8-20/h1-3,7-8,10-13,22H,4-6,9,14-18H2,(H,25,28). The van der Waals surface area contributed by atoms with Crippen LogP contribution in [0.1, 0.15) is 36.8 Å². The normalized spacial score (nSPS) is 19.1. The molecule has 6 heteroatoms. The van der Waals surface area contributed by atoms with E-state index in [1.165, 1.54) is 18.4 Å². The average Bonchev–Trinajstić information content (AvgIpc) is 3.46. The first-order chi connectivity index (χ1) is 14.7. The maximum absolute atomic E-state index is 12.8. The van der Waals surface area contributed by atoms with Gasteiger partial charge in [0.15, 0.2) is 0 Å². The topological polar surface area (TPSA) is 61.9 Å². The Bertz CT molecular complexity index is 848. The summed E-state index contributed by atoms with van der Waals surface area (Å²) in [5, 5.41) is 2.96. The van der Waals surface area contributed by atoms with E-state index in [9.17, 15) is 9.59 Å². The molecular weight excluding hydrogens is 378 g/mol. The molecule has 0 spiro atoms. The largest absolute Gasteiger partial charge is 0.445 e. The highest BCUT2D eigenvalue weighted by Crippen LogP contribution is 2.21. The van der Waals surface area contributed by atoms with Crippen LogP contribution >= 0.6 is 0 Å². The van der Waals surface area contributed by atoms with E-state index in [1.807, 2.05) is 42.5 Å². The molecule has 0 radical (unpaired) electrons. The van der Waals surface area contributed by atoms with Crippen LogP contribution in [-0.2, 0) is 22.7 Å². The summed E-state index contributed by atoms with van der Waals surface area (Å²) in [6.07, 6.45) is 3.57. The van der Waals surface area contributed by atoms with E-state index < -0.39 is 12.1 Å². The molecule has 1 unspecified atom stereocenters. The molecule has 4 rings (SSSR count). The van der Waals surface area contributed by atoms with Crippen molar-refractivity contribution in [2.45, 2.75) is 44.9 Å². The van der Waals surface area contributed by atoms with Gasteiger partial charge in [0.2, 0.25) is 5.91 Å². The van der Waals surface area contributed by atoms with Gasteiger partial charge in [0.1, 0.15) is 12.6 Å². The predicted molar refractivity (Wildman–Crippen MR) is 116 cm³/mol. The van der Waals surface area contributed by atoms with E-state index in [0.717, 1.165) is 37.3 Å². The lowest BCUT2D eigenvalue weighted by atomic mass is 10.1. The van der Waals surface area contributed by atoms with Crippen LogP contribution in [-0.4, -0.2) is 47.5 Å². The summed E-state index contributed by atoms with van der Waals surface area (Å²) in [6, 6.07) is 17.1. The molecule has 2 heterocycles. The van der Waals surface area contributed by atoms with E-state index in [-0.39, 0.29) is 12.5 Å². The summed E-state index contributed by atoms with van der Waals surface area (Å²) in [6.45, 7) is 4.04. The van der Waals surface area contributed by atoms with Crippen LogP contribution in [0.2, 0.25) is 0 Å². The van der Waals surface area contributed by atoms with Crippen molar-refractivity contribution in [2.24, 2.45) is 0 Å². The zero-order valence-electron chi connectivity index (χ0n) is 17.3. The quantitative estimate of drug-likeness (QED) is 0.786. The van der Waals surface area contributed by atoms with E-state index in [2.05, 4.69) is 22.3 Å². The second kappa shape index (κ2) is 9.76. The summed E-state index contributed by atoms with van der Waals surface area (Å²) >= 11 is 0. The lowest BCUT2D eigenvalue weighted by Gasteiger charge is -2.23. The van der Waals surface area contributed by atoms with E-state index in [1.54, 1.807) is 4.90 Å². The molecule has 2 amide bonds. The Morgan fingerprint density at radius 2 is 1.63 bits per heavy atom. The van der Waals surface area contributed by atoms with Gasteiger partial charge in [-0.25, -0.2) is 4.79 Å². The number of carbonyl (C=O) groups excluding carboxylic acids is 2. The molecule has 2 aromatic carbocycles. The van der Waals surface area contributed by atoms with Gasteiger partial charge in [-0.05, 0) is 62.0 Å². The predicted octanol–water partition coefficient (Wildman–Crippen LogP) is 4.02. The highest BCUT2D eigenvalue weighted by Gasteiger charge is 2.35. The van der Waals surface area contributed by atoms with Crippen molar-refractivity contribution < 1.29 is 14.3 Å². The third kappa shape index (κ3) is 5.19. The maximum atomic E-state index is 12.8. The molecule has 0 aromatic heterocycles. The van der Waals surface area contributed by atoms with Gasteiger partial charge in [0.05, 0.1) is 0 Å². The van der Waals surface area contributed by atoms with E-state index >= 15 is 0 Å². The Hall–Kier alpha value is -2.86. The fourth-order valence-corrected chi connectivity index (χ4v) is 4.18. The Kier molecular flexibility index (Phi) is 6.64. The Labute approximate surface area is 177 Å². The Morgan fingerprint density at radius 1 is 0.900 bits per heavy atom. The summed E-state index contributed by atoms with van der Waals surface area (Å²) in [4.78, 5) is 29.3. The summed E-state index contributed by atoms with van der Waals surface area (Å²) in [7, 11) is 0. The molecule has 2 aromatic rings. The number of rotatable bonds is 6. The molecule has 6 nitrogen and oxygen atoms in total. The number of benzene rings is 2. The van der Waals surface area contributed by atoms with Crippen LogP contribution in [0, 0.1) is 0 Å². The molecular formula is C24H29N3O3. The highest BCUT2D eigenvalue weighted by atomic mass is 16.6. The third-order valence-electron chi connectivity index (χ3n) is 5.82. The fraction of sp³-hybridized carbons (Fsp3) is 0.417.